The van der Waals surface area contributed by atoms with Crippen molar-refractivity contribution in [3.8, 4) is 0 Å². The first kappa shape index (κ1) is 19.9. The Labute approximate surface area is 164 Å². The maximum atomic E-state index is 12.9. The van der Waals surface area contributed by atoms with E-state index in [4.69, 9.17) is 27.9 Å². The lowest BCUT2D eigenvalue weighted by Crippen LogP contribution is -2.49. The first-order chi connectivity index (χ1) is 12.4. The van der Waals surface area contributed by atoms with Gasteiger partial charge in [0.15, 0.2) is 0 Å². The fraction of sp³-hybridized carbons (Fsp3) is 0.588. The van der Waals surface area contributed by atoms with Crippen LogP contribution in [0, 0.1) is 5.92 Å². The molecular weight excluding hydrogens is 399 g/mol. The number of nitrogens with zero attached hydrogens (tertiary/aromatic N) is 2. The van der Waals surface area contributed by atoms with E-state index in [1.807, 2.05) is 0 Å². The van der Waals surface area contributed by atoms with Gasteiger partial charge in [0.25, 0.3) is 0 Å². The van der Waals surface area contributed by atoms with Crippen LogP contribution in [0.5, 0.6) is 0 Å². The second-order valence-corrected chi connectivity index (χ2v) is 9.37. The molecule has 2 aliphatic rings. The van der Waals surface area contributed by atoms with Crippen LogP contribution >= 0.6 is 23.2 Å². The molecule has 3 rings (SSSR count). The molecule has 1 amide bonds. The largest absolute Gasteiger partial charge is 0.378 e. The molecule has 0 aromatic heterocycles. The first-order valence-corrected chi connectivity index (χ1v) is 11.0. The molecule has 0 spiro atoms. The third-order valence-electron chi connectivity index (χ3n) is 4.84. The summed E-state index contributed by atoms with van der Waals surface area (Å²) in [5, 5.41) is 0.665. The average molecular weight is 421 g/mol. The van der Waals surface area contributed by atoms with Crippen molar-refractivity contribution in [3.05, 3.63) is 33.8 Å². The van der Waals surface area contributed by atoms with Crippen LogP contribution in [0.2, 0.25) is 10.0 Å². The van der Waals surface area contributed by atoms with Crippen LogP contribution in [0.15, 0.2) is 18.2 Å². The van der Waals surface area contributed by atoms with Gasteiger partial charge < -0.3 is 9.64 Å². The van der Waals surface area contributed by atoms with Crippen molar-refractivity contribution in [3.63, 3.8) is 0 Å². The third-order valence-corrected chi connectivity index (χ3v) is 7.32. The van der Waals surface area contributed by atoms with E-state index in [9.17, 15) is 13.2 Å². The molecule has 6 nitrogen and oxygen atoms in total. The van der Waals surface area contributed by atoms with Gasteiger partial charge in [-0.3, -0.25) is 4.79 Å². The van der Waals surface area contributed by atoms with Gasteiger partial charge in [-0.1, -0.05) is 29.3 Å². The molecule has 0 N–H and O–H groups in total. The molecular formula is C17H22Cl2N2O4S. The highest BCUT2D eigenvalue weighted by molar-refractivity contribution is 7.88. The van der Waals surface area contributed by atoms with Gasteiger partial charge in [0.05, 0.1) is 24.9 Å². The minimum absolute atomic E-state index is 0.0176. The van der Waals surface area contributed by atoms with Gasteiger partial charge in [0, 0.05) is 41.8 Å². The molecule has 9 heteroatoms. The Morgan fingerprint density at radius 1 is 1.15 bits per heavy atom. The van der Waals surface area contributed by atoms with Crippen molar-refractivity contribution in [1.29, 1.82) is 0 Å². The van der Waals surface area contributed by atoms with Crippen molar-refractivity contribution < 1.29 is 17.9 Å². The Balaban J connectivity index is 1.70. The highest BCUT2D eigenvalue weighted by atomic mass is 35.5. The number of benzene rings is 1. The van der Waals surface area contributed by atoms with E-state index in [1.165, 1.54) is 4.31 Å². The highest BCUT2D eigenvalue weighted by Crippen LogP contribution is 2.29. The van der Waals surface area contributed by atoms with Crippen LogP contribution in [0.3, 0.4) is 0 Å². The highest BCUT2D eigenvalue weighted by Gasteiger charge is 2.35. The number of ether oxygens (including phenoxy) is 1. The van der Waals surface area contributed by atoms with Crippen molar-refractivity contribution in [1.82, 2.24) is 9.21 Å². The Morgan fingerprint density at radius 3 is 2.46 bits per heavy atom. The Bertz CT molecular complexity index is 746. The summed E-state index contributed by atoms with van der Waals surface area (Å²) < 4.78 is 32.4. The molecule has 0 aliphatic carbocycles. The van der Waals surface area contributed by atoms with E-state index in [2.05, 4.69) is 0 Å². The molecule has 0 radical (unpaired) electrons. The topological polar surface area (TPSA) is 66.9 Å². The van der Waals surface area contributed by atoms with Crippen LogP contribution in [0.1, 0.15) is 18.4 Å². The summed E-state index contributed by atoms with van der Waals surface area (Å²) in [6, 6.07) is 4.93. The molecule has 0 saturated carbocycles. The average Bonchev–Trinajstić information content (AvgIpc) is 2.65. The van der Waals surface area contributed by atoms with Gasteiger partial charge in [-0.2, -0.15) is 0 Å². The number of morpholine rings is 1. The van der Waals surface area contributed by atoms with Crippen molar-refractivity contribution in [2.75, 3.05) is 39.4 Å². The molecule has 1 atom stereocenters. The van der Waals surface area contributed by atoms with Gasteiger partial charge >= 0.3 is 0 Å². The second-order valence-electron chi connectivity index (χ2n) is 6.59. The quantitative estimate of drug-likeness (QED) is 0.749. The molecule has 26 heavy (non-hydrogen) atoms. The summed E-state index contributed by atoms with van der Waals surface area (Å²) in [7, 11) is -3.61. The number of carbonyl (C=O) groups is 1. The van der Waals surface area contributed by atoms with E-state index in [1.54, 1.807) is 23.1 Å². The maximum absolute atomic E-state index is 12.9. The van der Waals surface area contributed by atoms with Gasteiger partial charge in [-0.15, -0.1) is 0 Å². The van der Waals surface area contributed by atoms with E-state index >= 15 is 0 Å². The SMILES string of the molecule is O=C([C@H]1CCCN(S(=O)(=O)Cc2c(Cl)cccc2Cl)C1)N1CCOCC1. The number of sulfonamides is 1. The zero-order chi connectivity index (χ0) is 18.7. The number of hydrogen-bond acceptors (Lipinski definition) is 4. The summed E-state index contributed by atoms with van der Waals surface area (Å²) in [5.74, 6) is -0.549. The maximum Gasteiger partial charge on any atom is 0.227 e. The van der Waals surface area contributed by atoms with E-state index in [-0.39, 0.29) is 24.1 Å². The summed E-state index contributed by atoms with van der Waals surface area (Å²) in [6.07, 6.45) is 1.37. The molecule has 0 bridgehead atoms. The molecule has 1 aromatic carbocycles. The molecule has 2 saturated heterocycles. The lowest BCUT2D eigenvalue weighted by molar-refractivity contribution is -0.140. The van der Waals surface area contributed by atoms with Gasteiger partial charge in [-0.05, 0) is 25.0 Å². The Morgan fingerprint density at radius 2 is 1.81 bits per heavy atom. The Hall–Kier alpha value is -0.860. The van der Waals surface area contributed by atoms with Crippen LogP contribution in [-0.4, -0.2) is 62.9 Å². The normalized spacial score (nSPS) is 22.4. The third kappa shape index (κ3) is 4.51. The van der Waals surface area contributed by atoms with Crippen molar-refractivity contribution in [2.45, 2.75) is 18.6 Å². The molecule has 2 aliphatic heterocycles. The van der Waals surface area contributed by atoms with E-state index in [0.29, 0.717) is 61.3 Å². The van der Waals surface area contributed by atoms with E-state index < -0.39 is 10.0 Å². The summed E-state index contributed by atoms with van der Waals surface area (Å²) in [6.45, 7) is 2.82. The molecule has 0 unspecified atom stereocenters. The predicted molar refractivity (Wildman–Crippen MR) is 101 cm³/mol. The fourth-order valence-electron chi connectivity index (χ4n) is 3.38. The monoisotopic (exact) mass is 420 g/mol. The Kier molecular flexibility index (Phi) is 6.45. The zero-order valence-corrected chi connectivity index (χ0v) is 16.7. The standard InChI is InChI=1S/C17H22Cl2N2O4S/c18-15-4-1-5-16(19)14(15)12-26(23,24)21-6-2-3-13(11-21)17(22)20-7-9-25-10-8-20/h1,4-5,13H,2-3,6-12H2/t13-/m0/s1. The van der Waals surface area contributed by atoms with E-state index in [0.717, 1.165) is 0 Å². The lowest BCUT2D eigenvalue weighted by Gasteiger charge is -2.35. The van der Waals surface area contributed by atoms with Gasteiger partial charge in [0.1, 0.15) is 0 Å². The number of amides is 1. The first-order valence-electron chi connectivity index (χ1n) is 8.66. The molecule has 2 fully saturated rings. The number of hydrogen-bond donors (Lipinski definition) is 0. The zero-order valence-electron chi connectivity index (χ0n) is 14.4. The summed E-state index contributed by atoms with van der Waals surface area (Å²) >= 11 is 12.2. The molecule has 2 heterocycles. The molecule has 1 aromatic rings. The number of rotatable bonds is 4. The lowest BCUT2D eigenvalue weighted by atomic mass is 9.98. The number of piperidine rings is 1. The predicted octanol–water partition coefficient (Wildman–Crippen LogP) is 2.39. The van der Waals surface area contributed by atoms with Gasteiger partial charge in [-0.25, -0.2) is 12.7 Å². The van der Waals surface area contributed by atoms with Crippen LogP contribution in [-0.2, 0) is 25.3 Å². The van der Waals surface area contributed by atoms with Crippen LogP contribution < -0.4 is 0 Å². The minimum Gasteiger partial charge on any atom is -0.378 e. The van der Waals surface area contributed by atoms with Crippen LogP contribution in [0.25, 0.3) is 0 Å². The number of halogens is 2. The smallest absolute Gasteiger partial charge is 0.227 e. The second kappa shape index (κ2) is 8.44. The summed E-state index contributed by atoms with van der Waals surface area (Å²) in [4.78, 5) is 14.5. The van der Waals surface area contributed by atoms with Crippen molar-refractivity contribution in [2.24, 2.45) is 5.92 Å². The van der Waals surface area contributed by atoms with Crippen LogP contribution in [0.4, 0.5) is 0 Å². The fourth-order valence-corrected chi connectivity index (χ4v) is 5.74. The van der Waals surface area contributed by atoms with Gasteiger partial charge in [0.2, 0.25) is 15.9 Å². The minimum atomic E-state index is -3.61. The molecule has 144 valence electrons. The number of carbonyl (C=O) groups excluding carboxylic acids is 1. The summed E-state index contributed by atoms with van der Waals surface area (Å²) in [5.41, 5.74) is 0.400. The van der Waals surface area contributed by atoms with Crippen molar-refractivity contribution >= 4 is 39.1 Å².